The SMILES string of the molecule is FC1=C(F)C(Oc2c(-c3cccc4c3[nH]c3ccccc34)cccc2-c2cccc3c2[nH]c2ccccc23)(Oc2c(-c3cccc4c3[nH]c3ccccc34)cccc2-c2cccc3c2[nH]c2ccccc23)C(F)C(F)=C1c1cc(F)c(F)c(F)c1F. The average molecular weight is 1150 g/mol. The van der Waals surface area contributed by atoms with E-state index in [2.05, 4.69) is 19.9 Å². The van der Waals surface area contributed by atoms with Gasteiger partial charge in [-0.2, -0.15) is 4.39 Å². The van der Waals surface area contributed by atoms with Gasteiger partial charge in [0.1, 0.15) is 11.5 Å². The highest BCUT2D eigenvalue weighted by atomic mass is 19.2. The number of aromatic amines is 4. The van der Waals surface area contributed by atoms with Gasteiger partial charge in [-0.25, -0.2) is 30.7 Å². The van der Waals surface area contributed by atoms with E-state index < -0.39 is 63.8 Å². The fourth-order valence-electron chi connectivity index (χ4n) is 12.8. The van der Waals surface area contributed by atoms with E-state index in [-0.39, 0.29) is 39.8 Å². The molecule has 6 nitrogen and oxygen atoms in total. The van der Waals surface area contributed by atoms with Crippen LogP contribution >= 0.6 is 0 Å². The summed E-state index contributed by atoms with van der Waals surface area (Å²) in [5.74, 6) is -20.8. The van der Waals surface area contributed by atoms with Crippen molar-refractivity contribution in [2.24, 2.45) is 0 Å². The van der Waals surface area contributed by atoms with Crippen LogP contribution in [0.2, 0.25) is 0 Å². The van der Waals surface area contributed by atoms with Crippen LogP contribution in [0.5, 0.6) is 11.5 Å². The number of halogens is 8. The third-order valence-electron chi connectivity index (χ3n) is 16.7. The Morgan fingerprint density at radius 3 is 0.965 bits per heavy atom. The molecule has 1 unspecified atom stereocenters. The van der Waals surface area contributed by atoms with Gasteiger partial charge >= 0.3 is 5.79 Å². The van der Waals surface area contributed by atoms with Gasteiger partial charge in [0.15, 0.2) is 34.9 Å². The number of hydrogen-bond acceptors (Lipinski definition) is 2. The summed E-state index contributed by atoms with van der Waals surface area (Å²) >= 11 is 0. The summed E-state index contributed by atoms with van der Waals surface area (Å²) in [4.78, 5) is 14.0. The van der Waals surface area contributed by atoms with Gasteiger partial charge in [0.25, 0.3) is 0 Å². The van der Waals surface area contributed by atoms with Crippen LogP contribution in [0.25, 0.3) is 137 Å². The highest BCUT2D eigenvalue weighted by molar-refractivity contribution is 6.17. The van der Waals surface area contributed by atoms with Crippen molar-refractivity contribution in [1.29, 1.82) is 0 Å². The van der Waals surface area contributed by atoms with Gasteiger partial charge in [-0.05, 0) is 30.3 Å². The summed E-state index contributed by atoms with van der Waals surface area (Å²) in [7, 11) is 0. The molecule has 1 atom stereocenters. The first kappa shape index (κ1) is 50.8. The molecule has 0 saturated carbocycles. The number of para-hydroxylation sites is 10. The van der Waals surface area contributed by atoms with Crippen LogP contribution in [-0.2, 0) is 0 Å². The van der Waals surface area contributed by atoms with Crippen molar-refractivity contribution < 1.29 is 44.6 Å². The lowest BCUT2D eigenvalue weighted by atomic mass is 9.89. The Labute approximate surface area is 481 Å². The van der Waals surface area contributed by atoms with Crippen LogP contribution in [0.3, 0.4) is 0 Å². The molecule has 0 saturated heterocycles. The highest BCUT2D eigenvalue weighted by Gasteiger charge is 2.60. The van der Waals surface area contributed by atoms with Gasteiger partial charge in [-0.1, -0.05) is 182 Å². The van der Waals surface area contributed by atoms with Crippen LogP contribution in [-0.4, -0.2) is 31.9 Å². The molecule has 86 heavy (non-hydrogen) atoms. The number of allylic oxidation sites excluding steroid dienone is 2. The van der Waals surface area contributed by atoms with Gasteiger partial charge in [-0.15, -0.1) is 0 Å². The molecule has 14 heteroatoms. The lowest BCUT2D eigenvalue weighted by Crippen LogP contribution is -2.54. The van der Waals surface area contributed by atoms with Gasteiger partial charge in [0, 0.05) is 115 Å². The predicted octanol–water partition coefficient (Wildman–Crippen LogP) is 20.5. The molecule has 0 aliphatic heterocycles. The first-order chi connectivity index (χ1) is 42.0. The second-order valence-electron chi connectivity index (χ2n) is 21.4. The lowest BCUT2D eigenvalue weighted by Gasteiger charge is -2.39. The Morgan fingerprint density at radius 2 is 0.616 bits per heavy atom. The van der Waals surface area contributed by atoms with E-state index in [9.17, 15) is 4.39 Å². The largest absolute Gasteiger partial charge is 0.442 e. The zero-order valence-corrected chi connectivity index (χ0v) is 44.6. The summed E-state index contributed by atoms with van der Waals surface area (Å²) < 4.78 is 150. The van der Waals surface area contributed by atoms with Crippen molar-refractivity contribution in [2.75, 3.05) is 0 Å². The highest BCUT2D eigenvalue weighted by Crippen LogP contribution is 2.55. The van der Waals surface area contributed by atoms with Crippen LogP contribution in [0.15, 0.2) is 230 Å². The minimum absolute atomic E-state index is 0.0677. The molecule has 0 fully saturated rings. The van der Waals surface area contributed by atoms with Crippen LogP contribution in [0.4, 0.5) is 35.1 Å². The zero-order valence-electron chi connectivity index (χ0n) is 44.6. The molecular formula is C72H40F8N4O2. The minimum Gasteiger partial charge on any atom is -0.442 e. The van der Waals surface area contributed by atoms with Crippen molar-refractivity contribution in [1.82, 2.24) is 19.9 Å². The predicted molar refractivity (Wildman–Crippen MR) is 325 cm³/mol. The third kappa shape index (κ3) is 7.38. The maximum absolute atomic E-state index is 19.2. The van der Waals surface area contributed by atoms with Gasteiger partial charge in [-0.3, -0.25) is 0 Å². The number of alkyl halides is 1. The molecule has 0 radical (unpaired) electrons. The van der Waals surface area contributed by atoms with E-state index in [1.54, 1.807) is 84.9 Å². The topological polar surface area (TPSA) is 81.6 Å². The summed E-state index contributed by atoms with van der Waals surface area (Å²) in [6.07, 6.45) is -3.66. The molecule has 1 aliphatic carbocycles. The number of rotatable bonds is 9. The van der Waals surface area contributed by atoms with E-state index in [1.165, 1.54) is 0 Å². The minimum atomic E-state index is -3.95. The number of aromatic nitrogens is 4. The Morgan fingerprint density at radius 1 is 0.314 bits per heavy atom. The first-order valence-corrected chi connectivity index (χ1v) is 27.5. The molecular weight excluding hydrogens is 1100 g/mol. The monoisotopic (exact) mass is 1140 g/mol. The van der Waals surface area contributed by atoms with Crippen molar-refractivity contribution in [3.63, 3.8) is 0 Å². The fourth-order valence-corrected chi connectivity index (χ4v) is 12.8. The molecule has 15 aromatic rings. The Bertz CT molecular complexity index is 4920. The van der Waals surface area contributed by atoms with Crippen molar-refractivity contribution in [2.45, 2.75) is 12.0 Å². The quantitative estimate of drug-likeness (QED) is 0.0503. The van der Waals surface area contributed by atoms with Crippen LogP contribution in [0.1, 0.15) is 5.56 Å². The number of nitrogens with one attached hydrogen (secondary N) is 4. The van der Waals surface area contributed by atoms with E-state index in [0.717, 1.165) is 65.2 Å². The van der Waals surface area contributed by atoms with E-state index in [0.29, 0.717) is 44.3 Å². The number of fused-ring (bicyclic) bond motifs is 12. The summed E-state index contributed by atoms with van der Waals surface area (Å²) in [6, 6.07) is 62.0. The molecule has 0 amide bonds. The number of ether oxygens (including phenoxy) is 2. The molecule has 11 aromatic carbocycles. The number of hydrogen-bond donors (Lipinski definition) is 4. The van der Waals surface area contributed by atoms with Gasteiger partial charge < -0.3 is 29.4 Å². The zero-order chi connectivity index (χ0) is 58.3. The van der Waals surface area contributed by atoms with Crippen LogP contribution < -0.4 is 9.47 Å². The molecule has 416 valence electrons. The maximum atomic E-state index is 19.2. The van der Waals surface area contributed by atoms with Crippen molar-refractivity contribution in [3.05, 3.63) is 259 Å². The third-order valence-corrected chi connectivity index (χ3v) is 16.7. The molecule has 4 heterocycles. The number of benzene rings is 11. The van der Waals surface area contributed by atoms with Gasteiger partial charge in [0.05, 0.1) is 27.6 Å². The molecule has 16 rings (SSSR count). The first-order valence-electron chi connectivity index (χ1n) is 27.5. The summed E-state index contributed by atoms with van der Waals surface area (Å²) in [5.41, 5.74) is 4.13. The lowest BCUT2D eigenvalue weighted by molar-refractivity contribution is -0.142. The van der Waals surface area contributed by atoms with Crippen molar-refractivity contribution in [3.8, 4) is 56.0 Å². The average Bonchev–Trinajstić information content (AvgIpc) is 1.65. The standard InChI is InChI=1S/C72H40F8N4O2/c73-53-35-52(59(74)63(78)60(53)75)58-61(76)70(79)72(71(80)62(58)77,85-68-48(44-23-9-19-40-36-15-1-5-31-54(36)81-64(40)44)27-13-28-49(68)45-24-10-20-41-37-16-2-6-32-55(37)82-65(41)45)86-69-50(46-25-11-21-42-38-17-3-7-33-56(38)83-66(42)46)29-14-30-51(69)47-26-12-22-43-39-18-4-8-34-57(39)84-67(43)47/h1-35,70,81-84H. The summed E-state index contributed by atoms with van der Waals surface area (Å²) in [5, 5.41) is 6.40. The smallest absolute Gasteiger partial charge is 0.346 e. The molecule has 1 aliphatic rings. The molecule has 0 bridgehead atoms. The van der Waals surface area contributed by atoms with E-state index in [1.807, 2.05) is 121 Å². The van der Waals surface area contributed by atoms with Crippen LogP contribution in [0, 0.1) is 23.3 Å². The Kier molecular flexibility index (Phi) is 11.3. The van der Waals surface area contributed by atoms with E-state index >= 15 is 30.7 Å². The Hall–Kier alpha value is -10.9. The van der Waals surface area contributed by atoms with Gasteiger partial charge in [0.2, 0.25) is 12.0 Å². The number of H-pyrrole nitrogens is 4. The molecule has 4 N–H and O–H groups in total. The molecule has 0 spiro atoms. The second kappa shape index (κ2) is 19.1. The summed E-state index contributed by atoms with van der Waals surface area (Å²) in [6.45, 7) is 0. The molecule has 4 aromatic heterocycles. The Balaban J connectivity index is 1.02. The fraction of sp³-hybridized carbons (Fsp3) is 0.0278. The second-order valence-corrected chi connectivity index (χ2v) is 21.4. The maximum Gasteiger partial charge on any atom is 0.346 e. The van der Waals surface area contributed by atoms with Crippen molar-refractivity contribution >= 4 is 92.8 Å². The van der Waals surface area contributed by atoms with E-state index in [4.69, 9.17) is 9.47 Å². The normalized spacial score (nSPS) is 14.6.